The van der Waals surface area contributed by atoms with Crippen molar-refractivity contribution < 1.29 is 19.4 Å². The summed E-state index contributed by atoms with van der Waals surface area (Å²) in [4.78, 5) is 31.4. The lowest BCUT2D eigenvalue weighted by atomic mass is 9.87. The van der Waals surface area contributed by atoms with Gasteiger partial charge in [-0.3, -0.25) is 14.6 Å². The van der Waals surface area contributed by atoms with Gasteiger partial charge in [-0.15, -0.1) is 0 Å². The molecule has 8 heteroatoms. The number of benzene rings is 2. The number of nitrogens with two attached hydrogens (primary N) is 1. The van der Waals surface area contributed by atoms with Gasteiger partial charge in [-0.05, 0) is 46.9 Å². The van der Waals surface area contributed by atoms with E-state index in [2.05, 4.69) is 31.1 Å². The summed E-state index contributed by atoms with van der Waals surface area (Å²) in [6.07, 6.45) is -2.92. The number of aliphatic imine (C=N–C) groups is 1. The van der Waals surface area contributed by atoms with Gasteiger partial charge in [-0.2, -0.15) is 0 Å². The predicted octanol–water partition coefficient (Wildman–Crippen LogP) is 1.93. The van der Waals surface area contributed by atoms with Gasteiger partial charge in [0.2, 0.25) is 0 Å². The second-order valence-electron chi connectivity index (χ2n) is 9.09. The summed E-state index contributed by atoms with van der Waals surface area (Å²) in [6, 6.07) is 13.0. The number of nitrogens with one attached hydrogen (secondary N) is 1. The van der Waals surface area contributed by atoms with Crippen molar-refractivity contribution in [2.75, 3.05) is 23.4 Å². The number of hydrogen-bond acceptors (Lipinski definition) is 6. The first-order valence-electron chi connectivity index (χ1n) is 10.6. The van der Waals surface area contributed by atoms with Crippen LogP contribution in [0.25, 0.3) is 0 Å². The van der Waals surface area contributed by atoms with E-state index in [0.29, 0.717) is 30.3 Å². The monoisotopic (exact) mass is 436 g/mol. The van der Waals surface area contributed by atoms with Crippen molar-refractivity contribution in [2.24, 2.45) is 10.7 Å². The minimum Gasteiger partial charge on any atom is -0.383 e. The number of rotatable bonds is 4. The van der Waals surface area contributed by atoms with E-state index in [1.54, 1.807) is 23.1 Å². The molecule has 2 aromatic rings. The zero-order valence-electron chi connectivity index (χ0n) is 18.5. The molecule has 1 fully saturated rings. The number of amides is 2. The molecule has 0 aromatic heterocycles. The highest BCUT2D eigenvalue weighted by molar-refractivity contribution is 6.04. The minimum absolute atomic E-state index is 0.000229. The van der Waals surface area contributed by atoms with Crippen LogP contribution in [0.4, 0.5) is 11.4 Å². The average molecular weight is 437 g/mol. The Labute approximate surface area is 187 Å². The maximum absolute atomic E-state index is 13.0. The van der Waals surface area contributed by atoms with Gasteiger partial charge in [0.05, 0.1) is 13.2 Å². The van der Waals surface area contributed by atoms with Crippen LogP contribution >= 0.6 is 0 Å². The normalized spacial score (nSPS) is 19.4. The molecule has 1 unspecified atom stereocenters. The summed E-state index contributed by atoms with van der Waals surface area (Å²) < 4.78 is 5.49. The molecule has 2 aliphatic heterocycles. The number of aliphatic hydroxyl groups is 1. The summed E-state index contributed by atoms with van der Waals surface area (Å²) in [5, 5.41) is 13.2. The summed E-state index contributed by atoms with van der Waals surface area (Å²) in [5.74, 6) is -0.688. The Bertz CT molecular complexity index is 1070. The molecule has 2 atom stereocenters. The molecule has 1 saturated heterocycles. The van der Waals surface area contributed by atoms with Gasteiger partial charge in [-0.25, -0.2) is 0 Å². The Morgan fingerprint density at radius 1 is 1.25 bits per heavy atom. The SMILES string of the molecule is CC(C)(C)c1ccc(N2CCOC([C@@H](O)C(=O)Nc3ccc4c(c3)CN=C4N)C2=O)cc1. The summed E-state index contributed by atoms with van der Waals surface area (Å²) in [7, 11) is 0. The number of carbonyl (C=O) groups excluding carboxylic acids is 2. The van der Waals surface area contributed by atoms with Gasteiger partial charge in [0, 0.05) is 23.5 Å². The zero-order chi connectivity index (χ0) is 23.0. The minimum atomic E-state index is -1.64. The highest BCUT2D eigenvalue weighted by Crippen LogP contribution is 2.27. The maximum Gasteiger partial charge on any atom is 0.259 e. The van der Waals surface area contributed by atoms with Gasteiger partial charge < -0.3 is 25.8 Å². The highest BCUT2D eigenvalue weighted by atomic mass is 16.5. The fourth-order valence-corrected chi connectivity index (χ4v) is 3.89. The number of aliphatic hydroxyl groups excluding tert-OH is 1. The number of carbonyl (C=O) groups is 2. The molecule has 0 bridgehead atoms. The molecule has 0 aliphatic carbocycles. The molecular weight excluding hydrogens is 408 g/mol. The smallest absolute Gasteiger partial charge is 0.259 e. The average Bonchev–Trinajstić information content (AvgIpc) is 3.13. The molecule has 2 aliphatic rings. The van der Waals surface area contributed by atoms with Crippen LogP contribution in [0, 0.1) is 0 Å². The first-order chi connectivity index (χ1) is 15.1. The molecule has 0 saturated carbocycles. The van der Waals surface area contributed by atoms with Crippen molar-refractivity contribution >= 4 is 29.0 Å². The second kappa shape index (κ2) is 8.37. The molecule has 4 rings (SSSR count). The third-order valence-electron chi connectivity index (χ3n) is 5.79. The molecular formula is C24H28N4O4. The lowest BCUT2D eigenvalue weighted by Gasteiger charge is -2.34. The molecule has 0 spiro atoms. The molecule has 0 radical (unpaired) electrons. The number of hydrogen-bond donors (Lipinski definition) is 3. The molecule has 2 amide bonds. The lowest BCUT2D eigenvalue weighted by molar-refractivity contribution is -0.150. The van der Waals surface area contributed by atoms with Crippen LogP contribution in [0.15, 0.2) is 47.5 Å². The van der Waals surface area contributed by atoms with Crippen molar-refractivity contribution in [2.45, 2.75) is 44.9 Å². The maximum atomic E-state index is 13.0. The number of nitrogens with zero attached hydrogens (tertiary/aromatic N) is 2. The molecule has 2 heterocycles. The number of ether oxygens (including phenoxy) is 1. The zero-order valence-corrected chi connectivity index (χ0v) is 18.5. The van der Waals surface area contributed by atoms with Crippen LogP contribution in [0.2, 0.25) is 0 Å². The second-order valence-corrected chi connectivity index (χ2v) is 9.09. The van der Waals surface area contributed by atoms with E-state index in [1.165, 1.54) is 0 Å². The molecule has 8 nitrogen and oxygen atoms in total. The fourth-order valence-electron chi connectivity index (χ4n) is 3.89. The van der Waals surface area contributed by atoms with E-state index in [0.717, 1.165) is 16.7 Å². The van der Waals surface area contributed by atoms with Crippen molar-refractivity contribution in [1.82, 2.24) is 0 Å². The van der Waals surface area contributed by atoms with E-state index in [1.807, 2.05) is 24.3 Å². The largest absolute Gasteiger partial charge is 0.383 e. The van der Waals surface area contributed by atoms with Gasteiger partial charge >= 0.3 is 0 Å². The van der Waals surface area contributed by atoms with Gasteiger partial charge in [0.1, 0.15) is 5.84 Å². The first-order valence-corrected chi connectivity index (χ1v) is 10.6. The molecule has 168 valence electrons. The third-order valence-corrected chi connectivity index (χ3v) is 5.79. The van der Waals surface area contributed by atoms with Crippen molar-refractivity contribution in [3.8, 4) is 0 Å². The van der Waals surface area contributed by atoms with Crippen LogP contribution < -0.4 is 16.0 Å². The predicted molar refractivity (Wildman–Crippen MR) is 123 cm³/mol. The van der Waals surface area contributed by atoms with Crippen LogP contribution in [0.1, 0.15) is 37.5 Å². The number of fused-ring (bicyclic) bond motifs is 1. The number of anilines is 2. The lowest BCUT2D eigenvalue weighted by Crippen LogP contribution is -2.55. The van der Waals surface area contributed by atoms with E-state index in [-0.39, 0.29) is 12.0 Å². The Kier molecular flexibility index (Phi) is 5.75. The Balaban J connectivity index is 1.45. The van der Waals surface area contributed by atoms with Gasteiger partial charge in [0.25, 0.3) is 11.8 Å². The van der Waals surface area contributed by atoms with E-state index >= 15 is 0 Å². The molecule has 32 heavy (non-hydrogen) atoms. The Morgan fingerprint density at radius 3 is 2.66 bits per heavy atom. The highest BCUT2D eigenvalue weighted by Gasteiger charge is 2.39. The summed E-state index contributed by atoms with van der Waals surface area (Å²) in [6.45, 7) is 7.38. The molecule has 4 N–H and O–H groups in total. The van der Waals surface area contributed by atoms with Gasteiger partial charge in [-0.1, -0.05) is 32.9 Å². The third kappa shape index (κ3) is 4.24. The van der Waals surface area contributed by atoms with Gasteiger partial charge in [0.15, 0.2) is 12.2 Å². The van der Waals surface area contributed by atoms with Crippen LogP contribution in [0.3, 0.4) is 0 Å². The van der Waals surface area contributed by atoms with Crippen LogP contribution in [-0.2, 0) is 26.3 Å². The number of amidine groups is 1. The summed E-state index contributed by atoms with van der Waals surface area (Å²) >= 11 is 0. The quantitative estimate of drug-likeness (QED) is 0.677. The molecule has 2 aromatic carbocycles. The number of morpholine rings is 1. The van der Waals surface area contributed by atoms with E-state index in [9.17, 15) is 14.7 Å². The van der Waals surface area contributed by atoms with E-state index in [4.69, 9.17) is 10.5 Å². The van der Waals surface area contributed by atoms with E-state index < -0.39 is 24.0 Å². The first kappa shape index (κ1) is 22.0. The Morgan fingerprint density at radius 2 is 1.97 bits per heavy atom. The van der Waals surface area contributed by atoms with Crippen molar-refractivity contribution in [1.29, 1.82) is 0 Å². The Hall–Kier alpha value is -3.23. The van der Waals surface area contributed by atoms with Crippen LogP contribution in [-0.4, -0.2) is 48.1 Å². The standard InChI is InChI=1S/C24H28N4O4/c1-24(2,3)15-4-7-17(8-5-15)28-10-11-32-20(23(28)31)19(29)22(30)27-16-6-9-18-14(12-16)13-26-21(18)25/h4-9,12,19-20,29H,10-11,13H2,1-3H3,(H2,25,26)(H,27,30)/t19-,20?/m1/s1. The fraction of sp³-hybridized carbons (Fsp3) is 0.375. The topological polar surface area (TPSA) is 117 Å². The summed E-state index contributed by atoms with van der Waals surface area (Å²) in [5.41, 5.74) is 9.90. The van der Waals surface area contributed by atoms with Crippen LogP contribution in [0.5, 0.6) is 0 Å². The van der Waals surface area contributed by atoms with Crippen molar-refractivity contribution in [3.05, 3.63) is 59.2 Å². The van der Waals surface area contributed by atoms with Crippen molar-refractivity contribution in [3.63, 3.8) is 0 Å².